The predicted octanol–water partition coefficient (Wildman–Crippen LogP) is 4.60. The minimum Gasteiger partial charge on any atom is -0.492 e. The Hall–Kier alpha value is -4.50. The molecular formula is C27H26N8O. The standard InChI is InChI=1S/C27H26N8O/c1-17-15-35(16-30-17)27-21-13-24(31-23(21)7-8-28-27)25-22-12-19(14-29-26(22)33-32-25)18-5-4-6-20(11-18)36-10-9-34(2)3/h4-8,11-16,31H,9-10H2,1-3H3,(H,29,32,33). The van der Waals surface area contributed by atoms with Gasteiger partial charge in [-0.05, 0) is 56.9 Å². The van der Waals surface area contributed by atoms with Crippen molar-refractivity contribution in [2.24, 2.45) is 0 Å². The second-order valence-electron chi connectivity index (χ2n) is 9.07. The first-order valence-electron chi connectivity index (χ1n) is 11.8. The topological polar surface area (TPSA) is 101 Å². The fourth-order valence-electron chi connectivity index (χ4n) is 4.29. The Morgan fingerprint density at radius 3 is 2.75 bits per heavy atom. The zero-order valence-electron chi connectivity index (χ0n) is 20.4. The maximum absolute atomic E-state index is 5.93. The van der Waals surface area contributed by atoms with Gasteiger partial charge in [-0.2, -0.15) is 5.10 Å². The molecule has 6 aromatic rings. The predicted molar refractivity (Wildman–Crippen MR) is 140 cm³/mol. The van der Waals surface area contributed by atoms with Crippen LogP contribution in [0.5, 0.6) is 5.75 Å². The molecule has 5 heterocycles. The highest BCUT2D eigenvalue weighted by Gasteiger charge is 2.15. The summed E-state index contributed by atoms with van der Waals surface area (Å²) in [5, 5.41) is 9.55. The van der Waals surface area contributed by atoms with E-state index in [1.165, 1.54) is 0 Å². The van der Waals surface area contributed by atoms with Crippen molar-refractivity contribution in [3.63, 3.8) is 0 Å². The number of imidazole rings is 1. The number of likely N-dealkylation sites (N-methyl/N-ethyl adjacent to an activating group) is 1. The van der Waals surface area contributed by atoms with E-state index >= 15 is 0 Å². The van der Waals surface area contributed by atoms with E-state index in [1.54, 1.807) is 12.5 Å². The number of rotatable bonds is 7. The van der Waals surface area contributed by atoms with Crippen molar-refractivity contribution in [2.75, 3.05) is 27.2 Å². The maximum Gasteiger partial charge on any atom is 0.181 e. The van der Waals surface area contributed by atoms with Crippen LogP contribution in [0.4, 0.5) is 0 Å². The first-order chi connectivity index (χ1) is 17.5. The van der Waals surface area contributed by atoms with Crippen LogP contribution in [-0.2, 0) is 0 Å². The lowest BCUT2D eigenvalue weighted by molar-refractivity contribution is 0.261. The Morgan fingerprint density at radius 2 is 1.92 bits per heavy atom. The largest absolute Gasteiger partial charge is 0.492 e. The molecule has 0 fully saturated rings. The molecule has 0 amide bonds. The fourth-order valence-corrected chi connectivity index (χ4v) is 4.29. The third kappa shape index (κ3) is 4.09. The molecule has 2 N–H and O–H groups in total. The van der Waals surface area contributed by atoms with Gasteiger partial charge in [0.05, 0.1) is 22.6 Å². The van der Waals surface area contributed by atoms with Crippen LogP contribution in [0.3, 0.4) is 0 Å². The molecule has 0 aliphatic rings. The van der Waals surface area contributed by atoms with Gasteiger partial charge in [0.1, 0.15) is 24.5 Å². The van der Waals surface area contributed by atoms with E-state index in [0.717, 1.165) is 62.6 Å². The lowest BCUT2D eigenvalue weighted by atomic mass is 10.1. The van der Waals surface area contributed by atoms with E-state index in [-0.39, 0.29) is 0 Å². The zero-order valence-corrected chi connectivity index (χ0v) is 20.4. The molecular weight excluding hydrogens is 452 g/mol. The van der Waals surface area contributed by atoms with E-state index in [0.29, 0.717) is 12.3 Å². The highest BCUT2D eigenvalue weighted by atomic mass is 16.5. The van der Waals surface area contributed by atoms with Gasteiger partial charge in [0.25, 0.3) is 0 Å². The van der Waals surface area contributed by atoms with Crippen molar-refractivity contribution in [1.29, 1.82) is 0 Å². The van der Waals surface area contributed by atoms with Crippen molar-refractivity contribution in [3.8, 4) is 34.1 Å². The zero-order chi connectivity index (χ0) is 24.6. The first kappa shape index (κ1) is 22.0. The molecule has 0 bridgehead atoms. The minimum atomic E-state index is 0.634. The number of fused-ring (bicyclic) bond motifs is 2. The van der Waals surface area contributed by atoms with Crippen molar-refractivity contribution < 1.29 is 4.74 Å². The highest BCUT2D eigenvalue weighted by Crippen LogP contribution is 2.32. The van der Waals surface area contributed by atoms with Crippen LogP contribution in [0.2, 0.25) is 0 Å². The Balaban J connectivity index is 1.37. The van der Waals surface area contributed by atoms with Gasteiger partial charge in [-0.1, -0.05) is 12.1 Å². The monoisotopic (exact) mass is 478 g/mol. The number of nitrogens with zero attached hydrogens (tertiary/aromatic N) is 6. The smallest absolute Gasteiger partial charge is 0.181 e. The molecule has 180 valence electrons. The van der Waals surface area contributed by atoms with Crippen LogP contribution in [0, 0.1) is 6.92 Å². The van der Waals surface area contributed by atoms with Gasteiger partial charge >= 0.3 is 0 Å². The summed E-state index contributed by atoms with van der Waals surface area (Å²) in [6.07, 6.45) is 7.39. The molecule has 0 aliphatic carbocycles. The van der Waals surface area contributed by atoms with Crippen molar-refractivity contribution in [1.82, 2.24) is 39.6 Å². The van der Waals surface area contributed by atoms with Gasteiger partial charge in [0.15, 0.2) is 5.65 Å². The summed E-state index contributed by atoms with van der Waals surface area (Å²) in [6.45, 7) is 3.46. The minimum absolute atomic E-state index is 0.634. The molecule has 9 heteroatoms. The Morgan fingerprint density at radius 1 is 1.00 bits per heavy atom. The third-order valence-electron chi connectivity index (χ3n) is 6.14. The maximum atomic E-state index is 5.93. The molecule has 6 rings (SSSR count). The average Bonchev–Trinajstić information content (AvgIpc) is 3.61. The summed E-state index contributed by atoms with van der Waals surface area (Å²) in [6, 6.07) is 14.3. The van der Waals surface area contributed by atoms with Crippen molar-refractivity contribution >= 4 is 21.9 Å². The fraction of sp³-hybridized carbons (Fsp3) is 0.185. The molecule has 5 aromatic heterocycles. The molecule has 0 spiro atoms. The van der Waals surface area contributed by atoms with E-state index < -0.39 is 0 Å². The van der Waals surface area contributed by atoms with Gasteiger partial charge in [-0.15, -0.1) is 0 Å². The number of pyridine rings is 2. The summed E-state index contributed by atoms with van der Waals surface area (Å²) in [5.41, 5.74) is 6.41. The summed E-state index contributed by atoms with van der Waals surface area (Å²) < 4.78 is 7.87. The summed E-state index contributed by atoms with van der Waals surface area (Å²) in [4.78, 5) is 19.2. The molecule has 0 atom stereocenters. The SMILES string of the molecule is Cc1cn(-c2nccc3[nH]c(-c4[nH]nc5ncc(-c6cccc(OCCN(C)C)c6)cc45)cc23)cn1. The van der Waals surface area contributed by atoms with E-state index in [2.05, 4.69) is 53.2 Å². The summed E-state index contributed by atoms with van der Waals surface area (Å²) in [7, 11) is 4.07. The molecule has 36 heavy (non-hydrogen) atoms. The quantitative estimate of drug-likeness (QED) is 0.348. The van der Waals surface area contributed by atoms with E-state index in [9.17, 15) is 0 Å². The molecule has 0 saturated carbocycles. The molecule has 9 nitrogen and oxygen atoms in total. The molecule has 0 saturated heterocycles. The second kappa shape index (κ2) is 8.94. The number of hydrogen-bond donors (Lipinski definition) is 2. The first-order valence-corrected chi connectivity index (χ1v) is 11.8. The van der Waals surface area contributed by atoms with Gasteiger partial charge in [-0.3, -0.25) is 9.67 Å². The van der Waals surface area contributed by atoms with Crippen LogP contribution in [0.25, 0.3) is 50.3 Å². The average molecular weight is 479 g/mol. The normalized spacial score (nSPS) is 11.7. The van der Waals surface area contributed by atoms with Gasteiger partial charge in [0, 0.05) is 41.5 Å². The Bertz CT molecular complexity index is 1680. The lowest BCUT2D eigenvalue weighted by Gasteiger charge is -2.11. The Kier molecular flexibility index (Phi) is 5.46. The van der Waals surface area contributed by atoms with Crippen LogP contribution < -0.4 is 4.74 Å². The molecule has 1 aromatic carbocycles. The van der Waals surface area contributed by atoms with Crippen molar-refractivity contribution in [2.45, 2.75) is 6.92 Å². The van der Waals surface area contributed by atoms with Gasteiger partial charge in [-0.25, -0.2) is 15.0 Å². The van der Waals surface area contributed by atoms with Crippen LogP contribution >= 0.6 is 0 Å². The molecule has 0 aliphatic heterocycles. The van der Waals surface area contributed by atoms with Gasteiger partial charge < -0.3 is 14.6 Å². The summed E-state index contributed by atoms with van der Waals surface area (Å²) in [5.74, 6) is 1.66. The van der Waals surface area contributed by atoms with Crippen LogP contribution in [0.1, 0.15) is 5.69 Å². The number of ether oxygens (including phenoxy) is 1. The lowest BCUT2D eigenvalue weighted by Crippen LogP contribution is -2.19. The number of nitrogens with one attached hydrogen (secondary N) is 2. The molecule has 0 unspecified atom stereocenters. The summed E-state index contributed by atoms with van der Waals surface area (Å²) >= 11 is 0. The van der Waals surface area contributed by atoms with E-state index in [1.807, 2.05) is 62.2 Å². The third-order valence-corrected chi connectivity index (χ3v) is 6.14. The number of aromatic nitrogens is 7. The number of benzene rings is 1. The van der Waals surface area contributed by atoms with Crippen LogP contribution in [-0.4, -0.2) is 66.8 Å². The Labute approximate surface area is 207 Å². The highest BCUT2D eigenvalue weighted by molar-refractivity contribution is 5.97. The number of hydrogen-bond acceptors (Lipinski definition) is 6. The van der Waals surface area contributed by atoms with E-state index in [4.69, 9.17) is 4.74 Å². The number of H-pyrrole nitrogens is 2. The number of aryl methyl sites for hydroxylation is 1. The van der Waals surface area contributed by atoms with Crippen LogP contribution in [0.15, 0.2) is 67.4 Å². The molecule has 0 radical (unpaired) electrons. The van der Waals surface area contributed by atoms with Gasteiger partial charge in [0.2, 0.25) is 0 Å². The van der Waals surface area contributed by atoms with Crippen molar-refractivity contribution in [3.05, 3.63) is 73.1 Å². The number of aromatic amines is 2. The second-order valence-corrected chi connectivity index (χ2v) is 9.07.